The van der Waals surface area contributed by atoms with Gasteiger partial charge in [0.1, 0.15) is 5.75 Å². The lowest BCUT2D eigenvalue weighted by atomic mass is 10.1. The monoisotopic (exact) mass is 277 g/mol. The highest BCUT2D eigenvalue weighted by atomic mass is 28.3. The van der Waals surface area contributed by atoms with Crippen LogP contribution in [0.25, 0.3) is 0 Å². The van der Waals surface area contributed by atoms with Crippen LogP contribution in [-0.2, 0) is 11.2 Å². The molecule has 0 aliphatic heterocycles. The summed E-state index contributed by atoms with van der Waals surface area (Å²) >= 11 is 0. The van der Waals surface area contributed by atoms with Crippen LogP contribution in [0.2, 0.25) is 25.7 Å². The number of nitriles is 1. The Hall–Kier alpha value is -1.31. The Kier molecular flexibility index (Phi) is 6.06. The summed E-state index contributed by atoms with van der Waals surface area (Å²) in [5, 5.41) is 8.95. The molecule has 0 aromatic heterocycles. The second-order valence-corrected chi connectivity index (χ2v) is 11.4. The zero-order chi connectivity index (χ0) is 14.3. The van der Waals surface area contributed by atoms with E-state index >= 15 is 0 Å². The predicted octanol–water partition coefficient (Wildman–Crippen LogP) is 3.81. The van der Waals surface area contributed by atoms with Crippen LogP contribution in [0, 0.1) is 11.3 Å². The van der Waals surface area contributed by atoms with Crippen molar-refractivity contribution in [1.29, 1.82) is 5.26 Å². The van der Waals surface area contributed by atoms with Gasteiger partial charge in [-0.25, -0.2) is 0 Å². The number of aryl methyl sites for hydroxylation is 1. The van der Waals surface area contributed by atoms with E-state index in [1.165, 1.54) is 0 Å². The first-order valence-electron chi connectivity index (χ1n) is 6.70. The summed E-state index contributed by atoms with van der Waals surface area (Å²) < 4.78 is 11.0. The third kappa shape index (κ3) is 5.91. The zero-order valence-electron chi connectivity index (χ0n) is 12.3. The fourth-order valence-corrected chi connectivity index (χ4v) is 2.37. The Bertz CT molecular complexity index is 446. The lowest BCUT2D eigenvalue weighted by molar-refractivity contribution is 0.0220. The van der Waals surface area contributed by atoms with E-state index in [9.17, 15) is 0 Å². The minimum absolute atomic E-state index is 0.277. The Balaban J connectivity index is 2.40. The molecule has 0 aliphatic carbocycles. The summed E-state index contributed by atoms with van der Waals surface area (Å²) in [4.78, 5) is 0. The van der Waals surface area contributed by atoms with Crippen molar-refractivity contribution in [3.8, 4) is 11.8 Å². The predicted molar refractivity (Wildman–Crippen MR) is 80.1 cm³/mol. The molecule has 0 atom stereocenters. The molecule has 0 radical (unpaired) electrons. The highest BCUT2D eigenvalue weighted by Crippen LogP contribution is 2.18. The van der Waals surface area contributed by atoms with Crippen LogP contribution in [0.5, 0.6) is 5.75 Å². The average molecular weight is 277 g/mol. The van der Waals surface area contributed by atoms with E-state index in [4.69, 9.17) is 14.7 Å². The van der Waals surface area contributed by atoms with Gasteiger partial charge in [-0.05, 0) is 36.2 Å². The zero-order valence-corrected chi connectivity index (χ0v) is 13.3. The number of benzene rings is 1. The summed E-state index contributed by atoms with van der Waals surface area (Å²) in [6, 6.07) is 8.87. The van der Waals surface area contributed by atoms with Gasteiger partial charge in [0.25, 0.3) is 0 Å². The molecule has 0 amide bonds. The van der Waals surface area contributed by atoms with E-state index in [2.05, 4.69) is 25.7 Å². The number of rotatable bonds is 7. The smallest absolute Gasteiger partial charge is 0.189 e. The van der Waals surface area contributed by atoms with Gasteiger partial charge < -0.3 is 9.47 Å². The van der Waals surface area contributed by atoms with Gasteiger partial charge in [0.15, 0.2) is 6.79 Å². The van der Waals surface area contributed by atoms with Crippen LogP contribution in [0.15, 0.2) is 18.2 Å². The molecule has 0 fully saturated rings. The van der Waals surface area contributed by atoms with E-state index in [1.807, 2.05) is 19.1 Å². The maximum atomic E-state index is 8.95. The number of nitrogens with zero attached hydrogens (tertiary/aromatic N) is 1. The molecule has 1 rings (SSSR count). The third-order valence-corrected chi connectivity index (χ3v) is 4.59. The molecule has 0 aliphatic rings. The fourth-order valence-electron chi connectivity index (χ4n) is 1.61. The first kappa shape index (κ1) is 15.7. The number of hydrogen-bond donors (Lipinski definition) is 0. The van der Waals surface area contributed by atoms with Gasteiger partial charge in [0, 0.05) is 14.7 Å². The van der Waals surface area contributed by atoms with Crippen LogP contribution < -0.4 is 4.74 Å². The van der Waals surface area contributed by atoms with E-state index in [-0.39, 0.29) is 6.79 Å². The SMILES string of the molecule is CCc1cc(OCOCC[Si](C)(C)C)ccc1C#N. The molecule has 4 heteroatoms. The van der Waals surface area contributed by atoms with E-state index < -0.39 is 8.07 Å². The van der Waals surface area contributed by atoms with Gasteiger partial charge in [-0.1, -0.05) is 26.6 Å². The second-order valence-electron chi connectivity index (χ2n) is 5.77. The van der Waals surface area contributed by atoms with Crippen molar-refractivity contribution in [2.45, 2.75) is 39.0 Å². The third-order valence-electron chi connectivity index (χ3n) is 2.88. The Morgan fingerprint density at radius 3 is 2.58 bits per heavy atom. The fraction of sp³-hybridized carbons (Fsp3) is 0.533. The highest BCUT2D eigenvalue weighted by Gasteiger charge is 2.12. The molecule has 0 heterocycles. The van der Waals surface area contributed by atoms with Crippen LogP contribution in [0.1, 0.15) is 18.1 Å². The van der Waals surface area contributed by atoms with Gasteiger partial charge in [-0.3, -0.25) is 0 Å². The van der Waals surface area contributed by atoms with Gasteiger partial charge in [-0.2, -0.15) is 5.26 Å². The van der Waals surface area contributed by atoms with Crippen molar-refractivity contribution < 1.29 is 9.47 Å². The first-order chi connectivity index (χ1) is 8.96. The molecule has 0 bridgehead atoms. The quantitative estimate of drug-likeness (QED) is 0.432. The van der Waals surface area contributed by atoms with Crippen molar-refractivity contribution in [2.75, 3.05) is 13.4 Å². The van der Waals surface area contributed by atoms with Crippen LogP contribution in [0.3, 0.4) is 0 Å². The molecule has 19 heavy (non-hydrogen) atoms. The molecule has 3 nitrogen and oxygen atoms in total. The van der Waals surface area contributed by atoms with Crippen LogP contribution >= 0.6 is 0 Å². The second kappa shape index (κ2) is 7.32. The summed E-state index contributed by atoms with van der Waals surface area (Å²) in [5.41, 5.74) is 1.73. The van der Waals surface area contributed by atoms with E-state index in [1.54, 1.807) is 6.07 Å². The van der Waals surface area contributed by atoms with Crippen LogP contribution in [-0.4, -0.2) is 21.5 Å². The van der Waals surface area contributed by atoms with Crippen molar-refractivity contribution in [1.82, 2.24) is 0 Å². The normalized spacial score (nSPS) is 11.1. The molecular weight excluding hydrogens is 254 g/mol. The molecule has 1 aromatic carbocycles. The van der Waals surface area contributed by atoms with Gasteiger partial charge in [0.05, 0.1) is 11.6 Å². The van der Waals surface area contributed by atoms with Gasteiger partial charge >= 0.3 is 0 Å². The lowest BCUT2D eigenvalue weighted by Gasteiger charge is -2.15. The van der Waals surface area contributed by atoms with Crippen molar-refractivity contribution in [3.05, 3.63) is 29.3 Å². The molecule has 0 saturated heterocycles. The van der Waals surface area contributed by atoms with E-state index in [0.29, 0.717) is 0 Å². The van der Waals surface area contributed by atoms with Gasteiger partial charge in [-0.15, -0.1) is 0 Å². The molecule has 1 aromatic rings. The molecule has 0 N–H and O–H groups in total. The summed E-state index contributed by atoms with van der Waals surface area (Å²) in [6.45, 7) is 10.0. The average Bonchev–Trinajstić information content (AvgIpc) is 2.36. The largest absolute Gasteiger partial charge is 0.468 e. The van der Waals surface area contributed by atoms with Crippen molar-refractivity contribution in [2.24, 2.45) is 0 Å². The van der Waals surface area contributed by atoms with Crippen LogP contribution in [0.4, 0.5) is 0 Å². The molecule has 0 saturated carbocycles. The Labute approximate surface area is 117 Å². The van der Waals surface area contributed by atoms with Gasteiger partial charge in [0.2, 0.25) is 0 Å². The molecule has 0 unspecified atom stereocenters. The lowest BCUT2D eigenvalue weighted by Crippen LogP contribution is -2.22. The van der Waals surface area contributed by atoms with Crippen molar-refractivity contribution >= 4 is 8.07 Å². The topological polar surface area (TPSA) is 42.2 Å². The summed E-state index contributed by atoms with van der Waals surface area (Å²) in [5.74, 6) is 0.767. The Morgan fingerprint density at radius 1 is 1.26 bits per heavy atom. The minimum atomic E-state index is -1.03. The first-order valence-corrected chi connectivity index (χ1v) is 10.4. The van der Waals surface area contributed by atoms with Crippen molar-refractivity contribution in [3.63, 3.8) is 0 Å². The minimum Gasteiger partial charge on any atom is -0.468 e. The summed E-state index contributed by atoms with van der Waals surface area (Å²) in [6.07, 6.45) is 0.830. The maximum Gasteiger partial charge on any atom is 0.189 e. The number of ether oxygens (including phenoxy) is 2. The summed E-state index contributed by atoms with van der Waals surface area (Å²) in [7, 11) is -1.03. The standard InChI is InChI=1S/C15H23NO2Si/c1-5-13-10-15(7-6-14(13)11-16)18-12-17-8-9-19(2,3)4/h6-7,10H,5,8-9,12H2,1-4H3. The number of hydrogen-bond acceptors (Lipinski definition) is 3. The maximum absolute atomic E-state index is 8.95. The molecule has 104 valence electrons. The molecule has 0 spiro atoms. The Morgan fingerprint density at radius 2 is 2.00 bits per heavy atom. The molecular formula is C15H23NO2Si. The highest BCUT2D eigenvalue weighted by molar-refractivity contribution is 6.76. The van der Waals surface area contributed by atoms with E-state index in [0.717, 1.165) is 35.9 Å².